The smallest absolute Gasteiger partial charge is 0.260 e. The highest BCUT2D eigenvalue weighted by Crippen LogP contribution is 2.16. The van der Waals surface area contributed by atoms with Crippen LogP contribution in [0.3, 0.4) is 0 Å². The summed E-state index contributed by atoms with van der Waals surface area (Å²) >= 11 is 0. The zero-order chi connectivity index (χ0) is 13.1. The van der Waals surface area contributed by atoms with E-state index in [4.69, 9.17) is 5.84 Å². The largest absolute Gasteiger partial charge is 0.323 e. The zero-order valence-corrected chi connectivity index (χ0v) is 10.1. The second-order valence-corrected chi connectivity index (χ2v) is 3.84. The molecule has 0 spiro atoms. The minimum atomic E-state index is -0.311. The van der Waals surface area contributed by atoms with E-state index < -0.39 is 0 Å². The Bertz CT molecular complexity index is 577. The molecule has 7 nitrogen and oxygen atoms in total. The topological polar surface area (TPSA) is 97.9 Å². The Morgan fingerprint density at radius 3 is 2.89 bits per heavy atom. The monoisotopic (exact) mass is 246 g/mol. The Kier molecular flexibility index (Phi) is 3.24. The van der Waals surface area contributed by atoms with E-state index in [1.807, 2.05) is 6.92 Å². The molecule has 0 saturated heterocycles. The van der Waals surface area contributed by atoms with Crippen molar-refractivity contribution in [2.24, 2.45) is 12.9 Å². The third-order valence-corrected chi connectivity index (χ3v) is 2.40. The van der Waals surface area contributed by atoms with E-state index in [1.54, 1.807) is 30.1 Å². The number of nitrogen functional groups attached to an aromatic ring is 1. The highest BCUT2D eigenvalue weighted by molar-refractivity contribution is 6.07. The van der Waals surface area contributed by atoms with Crippen LogP contribution in [0.2, 0.25) is 0 Å². The minimum Gasteiger partial charge on any atom is -0.323 e. The number of hydrazine groups is 1. The molecule has 18 heavy (non-hydrogen) atoms. The molecule has 2 heterocycles. The Labute approximate surface area is 104 Å². The summed E-state index contributed by atoms with van der Waals surface area (Å²) in [7, 11) is 1.77. The molecule has 2 rings (SSSR count). The number of aryl methyl sites for hydroxylation is 2. The van der Waals surface area contributed by atoms with E-state index in [0.29, 0.717) is 17.1 Å². The summed E-state index contributed by atoms with van der Waals surface area (Å²) in [6.07, 6.45) is 3.22. The van der Waals surface area contributed by atoms with Gasteiger partial charge in [-0.1, -0.05) is 0 Å². The molecule has 2 aromatic heterocycles. The van der Waals surface area contributed by atoms with Gasteiger partial charge in [-0.2, -0.15) is 5.10 Å². The van der Waals surface area contributed by atoms with E-state index in [2.05, 4.69) is 20.8 Å². The normalized spacial score (nSPS) is 10.2. The van der Waals surface area contributed by atoms with Crippen LogP contribution < -0.4 is 16.6 Å². The van der Waals surface area contributed by atoms with Gasteiger partial charge in [0.05, 0.1) is 11.3 Å². The van der Waals surface area contributed by atoms with Crippen molar-refractivity contribution in [3.05, 3.63) is 35.8 Å². The molecule has 4 N–H and O–H groups in total. The number of carbonyl (C=O) groups excluding carboxylic acids is 1. The van der Waals surface area contributed by atoms with Crippen molar-refractivity contribution in [2.75, 3.05) is 10.7 Å². The first-order chi connectivity index (χ1) is 8.60. The van der Waals surface area contributed by atoms with Crippen LogP contribution in [0.5, 0.6) is 0 Å². The van der Waals surface area contributed by atoms with Crippen molar-refractivity contribution in [2.45, 2.75) is 6.92 Å². The SMILES string of the molecule is Cc1cc(NN)c(C(=O)Nc2ccn(C)n2)cn1. The summed E-state index contributed by atoms with van der Waals surface area (Å²) in [6, 6.07) is 3.41. The van der Waals surface area contributed by atoms with Crippen LogP contribution in [-0.2, 0) is 7.05 Å². The maximum absolute atomic E-state index is 12.0. The van der Waals surface area contributed by atoms with Crippen LogP contribution in [0.1, 0.15) is 16.1 Å². The van der Waals surface area contributed by atoms with E-state index in [0.717, 1.165) is 5.69 Å². The van der Waals surface area contributed by atoms with Crippen LogP contribution in [0.15, 0.2) is 24.5 Å². The summed E-state index contributed by atoms with van der Waals surface area (Å²) in [5.74, 6) is 5.54. The molecule has 1 amide bonds. The maximum Gasteiger partial charge on any atom is 0.260 e. The van der Waals surface area contributed by atoms with E-state index in [1.165, 1.54) is 6.20 Å². The average molecular weight is 246 g/mol. The molecule has 0 aromatic carbocycles. The van der Waals surface area contributed by atoms with Crippen LogP contribution in [0, 0.1) is 6.92 Å². The Morgan fingerprint density at radius 1 is 1.50 bits per heavy atom. The molecule has 0 unspecified atom stereocenters. The number of amides is 1. The van der Waals surface area contributed by atoms with Gasteiger partial charge >= 0.3 is 0 Å². The molecule has 0 atom stereocenters. The van der Waals surface area contributed by atoms with Crippen molar-refractivity contribution >= 4 is 17.4 Å². The van der Waals surface area contributed by atoms with Gasteiger partial charge in [-0.3, -0.25) is 20.3 Å². The second kappa shape index (κ2) is 4.84. The minimum absolute atomic E-state index is 0.311. The summed E-state index contributed by atoms with van der Waals surface area (Å²) in [5.41, 5.74) is 4.15. The van der Waals surface area contributed by atoms with Gasteiger partial charge in [0.25, 0.3) is 5.91 Å². The summed E-state index contributed by atoms with van der Waals surface area (Å²) < 4.78 is 1.60. The molecule has 0 aliphatic rings. The third kappa shape index (κ3) is 2.46. The Hall–Kier alpha value is -2.41. The molecule has 0 bridgehead atoms. The average Bonchev–Trinajstić information content (AvgIpc) is 2.74. The number of carbonyl (C=O) groups is 1. The predicted molar refractivity (Wildman–Crippen MR) is 67.9 cm³/mol. The molecule has 94 valence electrons. The van der Waals surface area contributed by atoms with Gasteiger partial charge in [0.15, 0.2) is 5.82 Å². The molecule has 0 aliphatic heterocycles. The lowest BCUT2D eigenvalue weighted by Crippen LogP contribution is -2.18. The van der Waals surface area contributed by atoms with Crippen molar-refractivity contribution < 1.29 is 4.79 Å². The number of aromatic nitrogens is 3. The van der Waals surface area contributed by atoms with E-state index in [9.17, 15) is 4.79 Å². The maximum atomic E-state index is 12.0. The standard InChI is InChI=1S/C11H14N6O/c1-7-5-9(15-12)8(6-13-7)11(18)14-10-3-4-17(2)16-10/h3-6H,12H2,1-2H3,(H,13,15)(H,14,16,18). The van der Waals surface area contributed by atoms with Crippen LogP contribution in [-0.4, -0.2) is 20.7 Å². The number of nitrogens with zero attached hydrogens (tertiary/aromatic N) is 3. The first-order valence-electron chi connectivity index (χ1n) is 5.34. The number of hydrogen-bond acceptors (Lipinski definition) is 5. The lowest BCUT2D eigenvalue weighted by atomic mass is 10.2. The Balaban J connectivity index is 2.23. The van der Waals surface area contributed by atoms with Crippen molar-refractivity contribution in [3.63, 3.8) is 0 Å². The molecule has 0 saturated carbocycles. The van der Waals surface area contributed by atoms with Crippen LogP contribution in [0.25, 0.3) is 0 Å². The van der Waals surface area contributed by atoms with Gasteiger partial charge in [0.1, 0.15) is 0 Å². The highest BCUT2D eigenvalue weighted by Gasteiger charge is 2.13. The number of rotatable bonds is 3. The molecule has 0 aliphatic carbocycles. The molecule has 0 radical (unpaired) electrons. The molecule has 7 heteroatoms. The number of anilines is 2. The van der Waals surface area contributed by atoms with Crippen molar-refractivity contribution in [3.8, 4) is 0 Å². The van der Waals surface area contributed by atoms with Gasteiger partial charge in [-0.05, 0) is 13.0 Å². The molecule has 2 aromatic rings. The first-order valence-corrected chi connectivity index (χ1v) is 5.34. The lowest BCUT2D eigenvalue weighted by molar-refractivity contribution is 0.102. The van der Waals surface area contributed by atoms with Crippen molar-refractivity contribution in [1.82, 2.24) is 14.8 Å². The predicted octanol–water partition coefficient (Wildman–Crippen LogP) is 0.661. The molecular formula is C11H14N6O. The fourth-order valence-electron chi connectivity index (χ4n) is 1.53. The number of hydrogen-bond donors (Lipinski definition) is 3. The summed E-state index contributed by atoms with van der Waals surface area (Å²) in [6.45, 7) is 1.82. The van der Waals surface area contributed by atoms with E-state index >= 15 is 0 Å². The summed E-state index contributed by atoms with van der Waals surface area (Å²) in [4.78, 5) is 16.1. The van der Waals surface area contributed by atoms with Gasteiger partial charge in [-0.15, -0.1) is 0 Å². The van der Waals surface area contributed by atoms with Crippen molar-refractivity contribution in [1.29, 1.82) is 0 Å². The number of nitrogens with one attached hydrogen (secondary N) is 2. The highest BCUT2D eigenvalue weighted by atomic mass is 16.1. The van der Waals surface area contributed by atoms with Crippen LogP contribution in [0.4, 0.5) is 11.5 Å². The fourth-order valence-corrected chi connectivity index (χ4v) is 1.53. The van der Waals surface area contributed by atoms with Gasteiger partial charge in [-0.25, -0.2) is 0 Å². The van der Waals surface area contributed by atoms with Gasteiger partial charge in [0, 0.05) is 31.2 Å². The number of pyridine rings is 1. The summed E-state index contributed by atoms with van der Waals surface area (Å²) in [5, 5.41) is 6.73. The molecule has 0 fully saturated rings. The van der Waals surface area contributed by atoms with Gasteiger partial charge < -0.3 is 10.7 Å². The molecular weight excluding hydrogens is 232 g/mol. The quantitative estimate of drug-likeness (QED) is 0.546. The second-order valence-electron chi connectivity index (χ2n) is 3.84. The first kappa shape index (κ1) is 12.1. The third-order valence-electron chi connectivity index (χ3n) is 2.40. The fraction of sp³-hybridized carbons (Fsp3) is 0.182. The van der Waals surface area contributed by atoms with Gasteiger partial charge in [0.2, 0.25) is 0 Å². The lowest BCUT2D eigenvalue weighted by Gasteiger charge is -2.08. The van der Waals surface area contributed by atoms with E-state index in [-0.39, 0.29) is 5.91 Å². The Morgan fingerprint density at radius 2 is 2.28 bits per heavy atom. The van der Waals surface area contributed by atoms with Crippen LogP contribution >= 0.6 is 0 Å². The number of nitrogens with two attached hydrogens (primary N) is 1. The zero-order valence-electron chi connectivity index (χ0n) is 10.1.